The second kappa shape index (κ2) is 4.11. The van der Waals surface area contributed by atoms with E-state index in [-0.39, 0.29) is 6.79 Å². The highest BCUT2D eigenvalue weighted by atomic mass is 32.2. The minimum atomic E-state index is -3.37. The number of hydrogen-bond acceptors (Lipinski definition) is 4. The van der Waals surface area contributed by atoms with Gasteiger partial charge in [0.05, 0.1) is 0 Å². The molecule has 2 aliphatic heterocycles. The van der Waals surface area contributed by atoms with Gasteiger partial charge in [-0.3, -0.25) is 0 Å². The molecule has 0 fully saturated rings. The molecule has 1 aromatic carbocycles. The fourth-order valence-electron chi connectivity index (χ4n) is 2.25. The van der Waals surface area contributed by atoms with Gasteiger partial charge >= 0.3 is 0 Å². The minimum absolute atomic E-state index is 0.233. The SMILES string of the molecule is CNS(=O)(=O)N1CCc2cc3c(cc2C1)OCO3. The van der Waals surface area contributed by atoms with Crippen molar-refractivity contribution in [1.29, 1.82) is 0 Å². The normalized spacial score (nSPS) is 18.7. The zero-order valence-electron chi connectivity index (χ0n) is 9.97. The minimum Gasteiger partial charge on any atom is -0.454 e. The van der Waals surface area contributed by atoms with Gasteiger partial charge in [-0.25, -0.2) is 4.72 Å². The average Bonchev–Trinajstić information content (AvgIpc) is 2.82. The molecule has 1 aromatic rings. The van der Waals surface area contributed by atoms with E-state index >= 15 is 0 Å². The van der Waals surface area contributed by atoms with Crippen molar-refractivity contribution in [3.63, 3.8) is 0 Å². The molecule has 0 spiro atoms. The van der Waals surface area contributed by atoms with Crippen LogP contribution in [0, 0.1) is 0 Å². The summed E-state index contributed by atoms with van der Waals surface area (Å²) >= 11 is 0. The summed E-state index contributed by atoms with van der Waals surface area (Å²) in [6.45, 7) is 1.09. The lowest BCUT2D eigenvalue weighted by molar-refractivity contribution is 0.174. The average molecular weight is 270 g/mol. The van der Waals surface area contributed by atoms with Crippen LogP contribution in [-0.4, -0.2) is 33.1 Å². The molecule has 6 nitrogen and oxygen atoms in total. The number of nitrogens with zero attached hydrogens (tertiary/aromatic N) is 1. The molecule has 7 heteroatoms. The molecule has 3 rings (SSSR count). The summed E-state index contributed by atoms with van der Waals surface area (Å²) in [6, 6.07) is 3.82. The molecule has 2 heterocycles. The number of rotatable bonds is 2. The molecular weight excluding hydrogens is 256 g/mol. The van der Waals surface area contributed by atoms with Gasteiger partial charge in [0, 0.05) is 20.1 Å². The van der Waals surface area contributed by atoms with Crippen LogP contribution in [0.3, 0.4) is 0 Å². The molecule has 0 unspecified atom stereocenters. The maximum Gasteiger partial charge on any atom is 0.279 e. The first-order chi connectivity index (χ1) is 8.60. The molecule has 2 aliphatic rings. The Balaban J connectivity index is 1.94. The molecule has 0 saturated carbocycles. The standard InChI is InChI=1S/C11H14N2O4S/c1-12-18(14,15)13-3-2-8-4-10-11(17-7-16-10)5-9(8)6-13/h4-5,12H,2-3,6-7H2,1H3. The maximum absolute atomic E-state index is 11.8. The Morgan fingerprint density at radius 3 is 2.56 bits per heavy atom. The van der Waals surface area contributed by atoms with Crippen LogP contribution in [-0.2, 0) is 23.2 Å². The number of hydrogen-bond donors (Lipinski definition) is 1. The van der Waals surface area contributed by atoms with Gasteiger partial charge in [0.1, 0.15) is 0 Å². The summed E-state index contributed by atoms with van der Waals surface area (Å²) in [6.07, 6.45) is 0.687. The van der Waals surface area contributed by atoms with Gasteiger partial charge in [0.2, 0.25) is 6.79 Å². The van der Waals surface area contributed by atoms with E-state index in [0.717, 1.165) is 16.9 Å². The third-order valence-electron chi connectivity index (χ3n) is 3.27. The van der Waals surface area contributed by atoms with Gasteiger partial charge in [-0.15, -0.1) is 0 Å². The fraction of sp³-hybridized carbons (Fsp3) is 0.455. The second-order valence-corrected chi connectivity index (χ2v) is 6.14. The van der Waals surface area contributed by atoms with Crippen LogP contribution < -0.4 is 14.2 Å². The topological polar surface area (TPSA) is 67.9 Å². The van der Waals surface area contributed by atoms with E-state index in [9.17, 15) is 8.42 Å². The third kappa shape index (κ3) is 1.84. The molecule has 0 radical (unpaired) electrons. The molecule has 0 atom stereocenters. The first kappa shape index (κ1) is 11.8. The summed E-state index contributed by atoms with van der Waals surface area (Å²) in [5.74, 6) is 1.44. The Labute approximate surface area is 106 Å². The van der Waals surface area contributed by atoms with Crippen LogP contribution in [0.15, 0.2) is 12.1 Å². The fourth-order valence-corrected chi connectivity index (χ4v) is 3.15. The molecule has 0 aliphatic carbocycles. The number of benzene rings is 1. The first-order valence-electron chi connectivity index (χ1n) is 5.70. The molecule has 98 valence electrons. The Hall–Kier alpha value is -1.31. The summed E-state index contributed by atoms with van der Waals surface area (Å²) in [5.41, 5.74) is 2.10. The molecule has 0 saturated heterocycles. The summed E-state index contributed by atoms with van der Waals surface area (Å²) in [7, 11) is -1.95. The van der Waals surface area contributed by atoms with Crippen molar-refractivity contribution < 1.29 is 17.9 Å². The molecule has 0 aromatic heterocycles. The lowest BCUT2D eigenvalue weighted by Gasteiger charge is -2.27. The van der Waals surface area contributed by atoms with Crippen molar-refractivity contribution in [2.75, 3.05) is 20.4 Å². The number of fused-ring (bicyclic) bond motifs is 2. The monoisotopic (exact) mass is 270 g/mol. The van der Waals surface area contributed by atoms with Crippen molar-refractivity contribution in [2.24, 2.45) is 0 Å². The molecule has 0 amide bonds. The lowest BCUT2D eigenvalue weighted by atomic mass is 10.0. The van der Waals surface area contributed by atoms with Crippen molar-refractivity contribution in [3.05, 3.63) is 23.3 Å². The molecule has 1 N–H and O–H groups in total. The van der Waals surface area contributed by atoms with Crippen molar-refractivity contribution >= 4 is 10.2 Å². The zero-order chi connectivity index (χ0) is 12.8. The highest BCUT2D eigenvalue weighted by Crippen LogP contribution is 2.36. The Bertz CT molecular complexity index is 585. The van der Waals surface area contributed by atoms with Crippen LogP contribution in [0.25, 0.3) is 0 Å². The van der Waals surface area contributed by atoms with Crippen molar-refractivity contribution in [1.82, 2.24) is 9.03 Å². The van der Waals surface area contributed by atoms with E-state index in [2.05, 4.69) is 4.72 Å². The summed E-state index contributed by atoms with van der Waals surface area (Å²) < 4.78 is 37.9. The van der Waals surface area contributed by atoms with Crippen LogP contribution in [0.5, 0.6) is 11.5 Å². The zero-order valence-corrected chi connectivity index (χ0v) is 10.8. The van der Waals surface area contributed by atoms with E-state index in [0.29, 0.717) is 25.3 Å². The molecular formula is C11H14N2O4S. The number of nitrogens with one attached hydrogen (secondary N) is 1. The van der Waals surface area contributed by atoms with Crippen LogP contribution in [0.2, 0.25) is 0 Å². The Morgan fingerprint density at radius 1 is 1.22 bits per heavy atom. The first-order valence-corrected chi connectivity index (χ1v) is 7.14. The predicted molar refractivity (Wildman–Crippen MR) is 64.7 cm³/mol. The largest absolute Gasteiger partial charge is 0.454 e. The van der Waals surface area contributed by atoms with Gasteiger partial charge in [-0.05, 0) is 29.7 Å². The Morgan fingerprint density at radius 2 is 1.89 bits per heavy atom. The van der Waals surface area contributed by atoms with Crippen molar-refractivity contribution in [2.45, 2.75) is 13.0 Å². The summed E-state index contributed by atoms with van der Waals surface area (Å²) in [4.78, 5) is 0. The smallest absolute Gasteiger partial charge is 0.279 e. The van der Waals surface area contributed by atoms with E-state index < -0.39 is 10.2 Å². The molecule has 0 bridgehead atoms. The van der Waals surface area contributed by atoms with E-state index in [1.165, 1.54) is 11.4 Å². The van der Waals surface area contributed by atoms with Crippen LogP contribution in [0.4, 0.5) is 0 Å². The van der Waals surface area contributed by atoms with Gasteiger partial charge in [0.25, 0.3) is 10.2 Å². The van der Waals surface area contributed by atoms with E-state index in [1.54, 1.807) is 0 Å². The third-order valence-corrected chi connectivity index (χ3v) is 4.78. The second-order valence-electron chi connectivity index (χ2n) is 4.27. The van der Waals surface area contributed by atoms with Gasteiger partial charge < -0.3 is 9.47 Å². The highest BCUT2D eigenvalue weighted by Gasteiger charge is 2.27. The van der Waals surface area contributed by atoms with Crippen LogP contribution >= 0.6 is 0 Å². The maximum atomic E-state index is 11.8. The van der Waals surface area contributed by atoms with Gasteiger partial charge in [0.15, 0.2) is 11.5 Å². The van der Waals surface area contributed by atoms with Gasteiger partial charge in [-0.1, -0.05) is 0 Å². The lowest BCUT2D eigenvalue weighted by Crippen LogP contribution is -2.41. The van der Waals surface area contributed by atoms with E-state index in [1.807, 2.05) is 12.1 Å². The van der Waals surface area contributed by atoms with Crippen LogP contribution in [0.1, 0.15) is 11.1 Å². The quantitative estimate of drug-likeness (QED) is 0.836. The number of ether oxygens (including phenoxy) is 2. The molecule has 18 heavy (non-hydrogen) atoms. The predicted octanol–water partition coefficient (Wildman–Crippen LogP) is 0.238. The van der Waals surface area contributed by atoms with E-state index in [4.69, 9.17) is 9.47 Å². The van der Waals surface area contributed by atoms with Gasteiger partial charge in [-0.2, -0.15) is 12.7 Å². The Kier molecular flexibility index (Phi) is 2.69. The van der Waals surface area contributed by atoms with Crippen molar-refractivity contribution in [3.8, 4) is 11.5 Å². The summed E-state index contributed by atoms with van der Waals surface area (Å²) in [5, 5.41) is 0. The highest BCUT2D eigenvalue weighted by molar-refractivity contribution is 7.87.